The van der Waals surface area contributed by atoms with Gasteiger partial charge in [0.2, 0.25) is 0 Å². The fourth-order valence-electron chi connectivity index (χ4n) is 2.12. The van der Waals surface area contributed by atoms with E-state index in [4.69, 9.17) is 12.2 Å². The molecule has 5 heteroatoms. The number of fused-ring (bicyclic) bond motifs is 1. The summed E-state index contributed by atoms with van der Waals surface area (Å²) >= 11 is 1.31. The van der Waals surface area contributed by atoms with Gasteiger partial charge in [0.1, 0.15) is 9.71 Å². The number of hydrogen-bond acceptors (Lipinski definition) is 4. The van der Waals surface area contributed by atoms with Gasteiger partial charge in [-0.3, -0.25) is 4.79 Å². The lowest BCUT2D eigenvalue weighted by Crippen LogP contribution is -2.33. The van der Waals surface area contributed by atoms with Crippen LogP contribution in [0.2, 0.25) is 0 Å². The van der Waals surface area contributed by atoms with E-state index in [1.54, 1.807) is 0 Å². The Labute approximate surface area is 122 Å². The van der Waals surface area contributed by atoms with E-state index in [-0.39, 0.29) is 11.9 Å². The first-order valence-electron chi connectivity index (χ1n) is 6.41. The van der Waals surface area contributed by atoms with Gasteiger partial charge in [0.15, 0.2) is 0 Å². The Kier molecular flexibility index (Phi) is 3.96. The molecule has 0 saturated heterocycles. The van der Waals surface area contributed by atoms with E-state index in [1.165, 1.54) is 11.3 Å². The molecule has 1 amide bonds. The first-order chi connectivity index (χ1) is 9.47. The molecule has 2 aromatic rings. The largest absolute Gasteiger partial charge is 0.397 e. The summed E-state index contributed by atoms with van der Waals surface area (Å²) in [5.74, 6) is 2.31. The zero-order chi connectivity index (χ0) is 14.9. The summed E-state index contributed by atoms with van der Waals surface area (Å²) in [5.41, 5.74) is 8.54. The maximum Gasteiger partial charge on any atom is 0.264 e. The number of carbonyl (C=O) groups is 1. The average molecular weight is 287 g/mol. The fourth-order valence-corrected chi connectivity index (χ4v) is 3.24. The van der Waals surface area contributed by atoms with E-state index in [0.29, 0.717) is 17.0 Å². The maximum absolute atomic E-state index is 12.3. The predicted octanol–water partition coefficient (Wildman–Crippen LogP) is 2.64. The van der Waals surface area contributed by atoms with E-state index in [0.717, 1.165) is 21.5 Å². The quantitative estimate of drug-likeness (QED) is 0.853. The molecule has 0 radical (unpaired) electrons. The molecule has 2 aromatic heterocycles. The van der Waals surface area contributed by atoms with E-state index in [2.05, 4.69) is 16.2 Å². The Morgan fingerprint density at radius 2 is 2.30 bits per heavy atom. The minimum Gasteiger partial charge on any atom is -0.397 e. The van der Waals surface area contributed by atoms with Crippen molar-refractivity contribution in [3.05, 3.63) is 22.2 Å². The number of carbonyl (C=O) groups excluding carboxylic acids is 1. The first kappa shape index (κ1) is 14.4. The minimum atomic E-state index is -0.275. The summed E-state index contributed by atoms with van der Waals surface area (Å²) in [6.45, 7) is 5.82. The van der Waals surface area contributed by atoms with Gasteiger partial charge in [0.05, 0.1) is 11.7 Å². The number of aromatic nitrogens is 1. The van der Waals surface area contributed by atoms with Crippen LogP contribution >= 0.6 is 11.3 Å². The van der Waals surface area contributed by atoms with Crippen LogP contribution in [-0.2, 0) is 0 Å². The van der Waals surface area contributed by atoms with Crippen molar-refractivity contribution >= 4 is 33.1 Å². The standard InChI is InChI=1S/C15H17N3OS/c1-5-10(6-2)18-14(19)13-12(16)11-8(3)7-9(4)17-15(11)20-13/h1,7,10H,6,16H2,2-4H3,(H,18,19). The summed E-state index contributed by atoms with van der Waals surface area (Å²) in [6, 6.07) is 1.69. The van der Waals surface area contributed by atoms with Crippen molar-refractivity contribution in [2.75, 3.05) is 5.73 Å². The Bertz CT molecular complexity index is 712. The van der Waals surface area contributed by atoms with Crippen LogP contribution in [0.4, 0.5) is 5.69 Å². The molecule has 0 fully saturated rings. The van der Waals surface area contributed by atoms with Gasteiger partial charge in [-0.25, -0.2) is 4.98 Å². The second-order valence-electron chi connectivity index (χ2n) is 4.71. The molecule has 2 heterocycles. The van der Waals surface area contributed by atoms with Gasteiger partial charge in [-0.15, -0.1) is 17.8 Å². The highest BCUT2D eigenvalue weighted by Gasteiger charge is 2.20. The van der Waals surface area contributed by atoms with Crippen molar-refractivity contribution in [1.29, 1.82) is 0 Å². The molecule has 20 heavy (non-hydrogen) atoms. The Hall–Kier alpha value is -2.06. The molecule has 0 aromatic carbocycles. The molecule has 0 bridgehead atoms. The minimum absolute atomic E-state index is 0.229. The maximum atomic E-state index is 12.3. The second-order valence-corrected chi connectivity index (χ2v) is 5.71. The summed E-state index contributed by atoms with van der Waals surface area (Å²) in [7, 11) is 0. The molecule has 3 N–H and O–H groups in total. The lowest BCUT2D eigenvalue weighted by atomic mass is 10.1. The fraction of sp³-hybridized carbons (Fsp3) is 0.333. The predicted molar refractivity (Wildman–Crippen MR) is 83.9 cm³/mol. The van der Waals surface area contributed by atoms with Gasteiger partial charge in [-0.2, -0.15) is 0 Å². The van der Waals surface area contributed by atoms with Gasteiger partial charge in [0.25, 0.3) is 5.91 Å². The number of rotatable bonds is 3. The third-order valence-electron chi connectivity index (χ3n) is 3.15. The molecule has 1 unspecified atom stereocenters. The molecular weight excluding hydrogens is 270 g/mol. The van der Waals surface area contributed by atoms with Crippen LogP contribution in [-0.4, -0.2) is 16.9 Å². The molecule has 0 aliphatic rings. The first-order valence-corrected chi connectivity index (χ1v) is 7.22. The summed E-state index contributed by atoms with van der Waals surface area (Å²) in [6.07, 6.45) is 6.05. The van der Waals surface area contributed by atoms with Crippen LogP contribution < -0.4 is 11.1 Å². The van der Waals surface area contributed by atoms with Crippen LogP contribution in [0.5, 0.6) is 0 Å². The number of hydrogen-bond donors (Lipinski definition) is 2. The number of nitrogens with zero attached hydrogens (tertiary/aromatic N) is 1. The molecule has 4 nitrogen and oxygen atoms in total. The normalized spacial score (nSPS) is 12.1. The van der Waals surface area contributed by atoms with Crippen molar-refractivity contribution in [2.24, 2.45) is 0 Å². The molecule has 2 rings (SSSR count). The highest BCUT2D eigenvalue weighted by atomic mass is 32.1. The molecular formula is C15H17N3OS. The van der Waals surface area contributed by atoms with E-state index < -0.39 is 0 Å². The van der Waals surface area contributed by atoms with Crippen molar-refractivity contribution in [2.45, 2.75) is 33.2 Å². The van der Waals surface area contributed by atoms with Crippen LogP contribution in [0.3, 0.4) is 0 Å². The third-order valence-corrected chi connectivity index (χ3v) is 4.24. The summed E-state index contributed by atoms with van der Waals surface area (Å²) < 4.78 is 0. The number of aryl methyl sites for hydroxylation is 2. The number of nitrogens with one attached hydrogen (secondary N) is 1. The number of pyridine rings is 1. The molecule has 104 valence electrons. The number of terminal acetylenes is 1. The van der Waals surface area contributed by atoms with Crippen LogP contribution in [0.1, 0.15) is 34.3 Å². The van der Waals surface area contributed by atoms with Crippen LogP contribution in [0, 0.1) is 26.2 Å². The molecule has 0 aliphatic heterocycles. The van der Waals surface area contributed by atoms with Crippen molar-refractivity contribution in [3.63, 3.8) is 0 Å². The van der Waals surface area contributed by atoms with Crippen molar-refractivity contribution in [1.82, 2.24) is 10.3 Å². The van der Waals surface area contributed by atoms with Gasteiger partial charge < -0.3 is 11.1 Å². The highest BCUT2D eigenvalue weighted by Crippen LogP contribution is 2.34. The van der Waals surface area contributed by atoms with Gasteiger partial charge in [-0.05, 0) is 31.9 Å². The summed E-state index contributed by atoms with van der Waals surface area (Å²) in [5, 5.41) is 3.66. The van der Waals surface area contributed by atoms with Crippen molar-refractivity contribution < 1.29 is 4.79 Å². The highest BCUT2D eigenvalue weighted by molar-refractivity contribution is 7.21. The third kappa shape index (κ3) is 2.47. The van der Waals surface area contributed by atoms with E-state index in [9.17, 15) is 4.79 Å². The lowest BCUT2D eigenvalue weighted by molar-refractivity contribution is 0.0950. The zero-order valence-corrected chi connectivity index (χ0v) is 12.6. The number of nitrogens with two attached hydrogens (primary N) is 1. The van der Waals surface area contributed by atoms with Crippen LogP contribution in [0.25, 0.3) is 10.2 Å². The smallest absolute Gasteiger partial charge is 0.264 e. The van der Waals surface area contributed by atoms with Crippen molar-refractivity contribution in [3.8, 4) is 12.3 Å². The van der Waals surface area contributed by atoms with Gasteiger partial charge in [0, 0.05) is 11.1 Å². The molecule has 0 saturated carbocycles. The second kappa shape index (κ2) is 5.51. The monoisotopic (exact) mass is 287 g/mol. The van der Waals surface area contributed by atoms with E-state index in [1.807, 2.05) is 26.8 Å². The number of thiophene rings is 1. The van der Waals surface area contributed by atoms with Gasteiger partial charge >= 0.3 is 0 Å². The zero-order valence-electron chi connectivity index (χ0n) is 11.8. The molecule has 1 atom stereocenters. The lowest BCUT2D eigenvalue weighted by Gasteiger charge is -2.09. The number of anilines is 1. The Balaban J connectivity index is 2.46. The Morgan fingerprint density at radius 3 is 2.90 bits per heavy atom. The molecule has 0 aliphatic carbocycles. The number of nitrogen functional groups attached to an aromatic ring is 1. The molecule has 0 spiro atoms. The van der Waals surface area contributed by atoms with Gasteiger partial charge in [-0.1, -0.05) is 12.8 Å². The topological polar surface area (TPSA) is 68.0 Å². The van der Waals surface area contributed by atoms with E-state index >= 15 is 0 Å². The summed E-state index contributed by atoms with van der Waals surface area (Å²) in [4.78, 5) is 18.0. The Morgan fingerprint density at radius 1 is 1.60 bits per heavy atom. The SMILES string of the molecule is C#CC(CC)NC(=O)c1sc2nc(C)cc(C)c2c1N. The average Bonchev–Trinajstić information content (AvgIpc) is 2.73. The number of amides is 1. The van der Waals surface area contributed by atoms with Crippen LogP contribution in [0.15, 0.2) is 6.07 Å².